The molecule has 1 aromatic carbocycles. The van der Waals surface area contributed by atoms with Crippen LogP contribution in [0.1, 0.15) is 12.8 Å². The van der Waals surface area contributed by atoms with E-state index in [1.54, 1.807) is 12.1 Å². The summed E-state index contributed by atoms with van der Waals surface area (Å²) in [5.41, 5.74) is 0. The normalized spacial score (nSPS) is 16.2. The van der Waals surface area contributed by atoms with E-state index in [1.165, 1.54) is 25.0 Å². The number of hydrogen-bond acceptors (Lipinski definition) is 3. The van der Waals surface area contributed by atoms with Gasteiger partial charge < -0.3 is 10.1 Å². The van der Waals surface area contributed by atoms with E-state index >= 15 is 0 Å². The molecule has 3 nitrogen and oxygen atoms in total. The van der Waals surface area contributed by atoms with Crippen LogP contribution >= 0.6 is 12.4 Å². The molecule has 0 amide bonds. The van der Waals surface area contributed by atoms with E-state index in [2.05, 4.69) is 17.3 Å². The molecule has 19 heavy (non-hydrogen) atoms. The van der Waals surface area contributed by atoms with E-state index in [-0.39, 0.29) is 18.2 Å². The second-order valence-corrected chi connectivity index (χ2v) is 4.76. The zero-order chi connectivity index (χ0) is 12.8. The van der Waals surface area contributed by atoms with Crippen molar-refractivity contribution in [3.05, 3.63) is 30.1 Å². The van der Waals surface area contributed by atoms with Crippen LogP contribution in [0.4, 0.5) is 4.39 Å². The van der Waals surface area contributed by atoms with Crippen LogP contribution in [-0.2, 0) is 0 Å². The molecule has 108 valence electrons. The first kappa shape index (κ1) is 16.2. The van der Waals surface area contributed by atoms with E-state index in [0.717, 1.165) is 25.4 Å². The number of ether oxygens (including phenoxy) is 1. The Hall–Kier alpha value is -0.840. The van der Waals surface area contributed by atoms with Gasteiger partial charge in [0.2, 0.25) is 0 Å². The first-order valence-corrected chi connectivity index (χ1v) is 6.55. The average Bonchev–Trinajstić information content (AvgIpc) is 2.42. The summed E-state index contributed by atoms with van der Waals surface area (Å²) >= 11 is 0. The Bertz CT molecular complexity index is 355. The molecular weight excluding hydrogens is 267 g/mol. The molecule has 0 unspecified atom stereocenters. The van der Waals surface area contributed by atoms with Crippen LogP contribution in [0.2, 0.25) is 0 Å². The summed E-state index contributed by atoms with van der Waals surface area (Å²) in [7, 11) is 2.14. The lowest BCUT2D eigenvalue weighted by molar-refractivity contribution is 0.165. The second kappa shape index (κ2) is 8.35. The van der Waals surface area contributed by atoms with Gasteiger partial charge in [-0.2, -0.15) is 0 Å². The van der Waals surface area contributed by atoms with E-state index < -0.39 is 0 Å². The van der Waals surface area contributed by atoms with Crippen LogP contribution < -0.4 is 10.1 Å². The summed E-state index contributed by atoms with van der Waals surface area (Å²) in [5.74, 6) is 0.504. The Morgan fingerprint density at radius 1 is 1.26 bits per heavy atom. The third-order valence-electron chi connectivity index (χ3n) is 3.46. The molecule has 0 atom stereocenters. The number of piperidine rings is 1. The average molecular weight is 289 g/mol. The highest BCUT2D eigenvalue weighted by molar-refractivity contribution is 5.85. The van der Waals surface area contributed by atoms with Crippen molar-refractivity contribution in [1.29, 1.82) is 0 Å². The van der Waals surface area contributed by atoms with Gasteiger partial charge in [-0.25, -0.2) is 4.39 Å². The number of nitrogens with zero attached hydrogens (tertiary/aromatic N) is 1. The van der Waals surface area contributed by atoms with Gasteiger partial charge in [0.1, 0.15) is 18.2 Å². The fourth-order valence-electron chi connectivity index (χ4n) is 2.27. The van der Waals surface area contributed by atoms with Gasteiger partial charge in [-0.1, -0.05) is 0 Å². The Kier molecular flexibility index (Phi) is 7.13. The van der Waals surface area contributed by atoms with Crippen molar-refractivity contribution in [2.24, 2.45) is 0 Å². The molecule has 1 aliphatic heterocycles. The fourth-order valence-corrected chi connectivity index (χ4v) is 2.27. The molecule has 1 saturated heterocycles. The number of likely N-dealkylation sites (N-methyl/N-ethyl adjacent to an activating group) is 1. The molecule has 0 radical (unpaired) electrons. The Morgan fingerprint density at radius 2 is 1.89 bits per heavy atom. The Labute approximate surface area is 120 Å². The predicted molar refractivity (Wildman–Crippen MR) is 77.7 cm³/mol. The number of benzene rings is 1. The molecule has 2 rings (SSSR count). The zero-order valence-corrected chi connectivity index (χ0v) is 12.1. The standard InChI is InChI=1S/C14H21FN2O.ClH/c1-17(13-6-8-16-9-7-13)10-11-18-14-4-2-12(15)3-5-14;/h2-5,13,16H,6-11H2,1H3;1H. The Balaban J connectivity index is 0.00000180. The van der Waals surface area contributed by atoms with Gasteiger partial charge >= 0.3 is 0 Å². The van der Waals surface area contributed by atoms with Crippen molar-refractivity contribution in [1.82, 2.24) is 10.2 Å². The summed E-state index contributed by atoms with van der Waals surface area (Å²) < 4.78 is 18.3. The first-order chi connectivity index (χ1) is 8.75. The highest BCUT2D eigenvalue weighted by Crippen LogP contribution is 2.12. The number of nitrogens with one attached hydrogen (secondary N) is 1. The molecule has 1 N–H and O–H groups in total. The van der Waals surface area contributed by atoms with Gasteiger partial charge in [0.05, 0.1) is 0 Å². The predicted octanol–water partition coefficient (Wildman–Crippen LogP) is 2.31. The number of hydrogen-bond donors (Lipinski definition) is 1. The molecule has 0 bridgehead atoms. The quantitative estimate of drug-likeness (QED) is 0.900. The van der Waals surface area contributed by atoms with Crippen LogP contribution in [0.25, 0.3) is 0 Å². The van der Waals surface area contributed by atoms with Gasteiger partial charge in [0.15, 0.2) is 0 Å². The smallest absolute Gasteiger partial charge is 0.123 e. The maximum atomic E-state index is 12.7. The summed E-state index contributed by atoms with van der Waals surface area (Å²) in [5, 5.41) is 3.36. The highest BCUT2D eigenvalue weighted by Gasteiger charge is 2.17. The summed E-state index contributed by atoms with van der Waals surface area (Å²) in [4.78, 5) is 2.35. The molecule has 0 aliphatic carbocycles. The Morgan fingerprint density at radius 3 is 2.53 bits per heavy atom. The lowest BCUT2D eigenvalue weighted by atomic mass is 10.1. The number of halogens is 2. The fraction of sp³-hybridized carbons (Fsp3) is 0.571. The third kappa shape index (κ3) is 5.35. The zero-order valence-electron chi connectivity index (χ0n) is 11.3. The molecule has 0 spiro atoms. The van der Waals surface area contributed by atoms with Gasteiger partial charge in [-0.15, -0.1) is 12.4 Å². The van der Waals surface area contributed by atoms with E-state index in [4.69, 9.17) is 4.74 Å². The van der Waals surface area contributed by atoms with Gasteiger partial charge in [0.25, 0.3) is 0 Å². The second-order valence-electron chi connectivity index (χ2n) is 4.76. The topological polar surface area (TPSA) is 24.5 Å². The minimum absolute atomic E-state index is 0. The van der Waals surface area contributed by atoms with Crippen LogP contribution in [0.15, 0.2) is 24.3 Å². The van der Waals surface area contributed by atoms with Gasteiger partial charge in [-0.05, 0) is 57.2 Å². The molecular formula is C14H22ClFN2O. The van der Waals surface area contributed by atoms with Crippen LogP contribution in [0, 0.1) is 5.82 Å². The van der Waals surface area contributed by atoms with Crippen molar-refractivity contribution in [3.63, 3.8) is 0 Å². The maximum Gasteiger partial charge on any atom is 0.123 e. The van der Waals surface area contributed by atoms with Crippen molar-refractivity contribution < 1.29 is 9.13 Å². The summed E-state index contributed by atoms with van der Waals surface area (Å²) in [6.07, 6.45) is 2.40. The molecule has 1 fully saturated rings. The van der Waals surface area contributed by atoms with E-state index in [1.807, 2.05) is 0 Å². The van der Waals surface area contributed by atoms with Crippen LogP contribution in [0.5, 0.6) is 5.75 Å². The molecule has 0 saturated carbocycles. The van der Waals surface area contributed by atoms with Crippen molar-refractivity contribution in [2.75, 3.05) is 33.3 Å². The molecule has 1 heterocycles. The molecule has 0 aromatic heterocycles. The van der Waals surface area contributed by atoms with Crippen LogP contribution in [-0.4, -0.2) is 44.2 Å². The van der Waals surface area contributed by atoms with Gasteiger partial charge in [0, 0.05) is 12.6 Å². The van der Waals surface area contributed by atoms with Crippen LogP contribution in [0.3, 0.4) is 0 Å². The summed E-state index contributed by atoms with van der Waals surface area (Å²) in [6.45, 7) is 3.76. The minimum atomic E-state index is -0.228. The summed E-state index contributed by atoms with van der Waals surface area (Å²) in [6, 6.07) is 6.83. The third-order valence-corrected chi connectivity index (χ3v) is 3.46. The monoisotopic (exact) mass is 288 g/mol. The number of rotatable bonds is 5. The van der Waals surface area contributed by atoms with Crippen molar-refractivity contribution >= 4 is 12.4 Å². The van der Waals surface area contributed by atoms with Gasteiger partial charge in [-0.3, -0.25) is 4.90 Å². The lowest BCUT2D eigenvalue weighted by Crippen LogP contribution is -2.42. The largest absolute Gasteiger partial charge is 0.492 e. The lowest BCUT2D eigenvalue weighted by Gasteiger charge is -2.31. The highest BCUT2D eigenvalue weighted by atomic mass is 35.5. The van der Waals surface area contributed by atoms with Crippen molar-refractivity contribution in [2.45, 2.75) is 18.9 Å². The SMILES string of the molecule is CN(CCOc1ccc(F)cc1)C1CCNCC1.Cl. The van der Waals surface area contributed by atoms with Crippen molar-refractivity contribution in [3.8, 4) is 5.75 Å². The molecule has 1 aromatic rings. The first-order valence-electron chi connectivity index (χ1n) is 6.55. The molecule has 1 aliphatic rings. The maximum absolute atomic E-state index is 12.7. The minimum Gasteiger partial charge on any atom is -0.492 e. The van der Waals surface area contributed by atoms with E-state index in [9.17, 15) is 4.39 Å². The molecule has 5 heteroatoms. The van der Waals surface area contributed by atoms with E-state index in [0.29, 0.717) is 12.6 Å².